The molecule has 138 valence electrons. The van der Waals surface area contributed by atoms with Crippen LogP contribution in [0.15, 0.2) is 53.5 Å². The second-order valence-corrected chi connectivity index (χ2v) is 7.94. The van der Waals surface area contributed by atoms with Crippen LogP contribution in [0.25, 0.3) is 0 Å². The van der Waals surface area contributed by atoms with E-state index in [1.807, 2.05) is 0 Å². The molecule has 1 unspecified atom stereocenters. The summed E-state index contributed by atoms with van der Waals surface area (Å²) in [5, 5.41) is 15.4. The van der Waals surface area contributed by atoms with Crippen LogP contribution in [-0.4, -0.2) is 11.5 Å². The van der Waals surface area contributed by atoms with Gasteiger partial charge >= 0.3 is 0 Å². The minimum absolute atomic E-state index is 0.0310. The number of rotatable bonds is 6. The predicted octanol–water partition coefficient (Wildman–Crippen LogP) is 6.06. The maximum absolute atomic E-state index is 10.7. The zero-order valence-electron chi connectivity index (χ0n) is 14.3. The van der Waals surface area contributed by atoms with E-state index in [0.29, 0.717) is 17.3 Å². The van der Waals surface area contributed by atoms with E-state index in [9.17, 15) is 10.1 Å². The lowest BCUT2D eigenvalue weighted by atomic mass is 10.1. The number of hydrogen-bond acceptors (Lipinski definition) is 3. The lowest BCUT2D eigenvalue weighted by molar-refractivity contribution is -0.384. The van der Waals surface area contributed by atoms with Gasteiger partial charge < -0.3 is 5.32 Å². The Hall–Kier alpha value is -1.42. The molecule has 0 bridgehead atoms. The summed E-state index contributed by atoms with van der Waals surface area (Å²) >= 11 is 9.23. The first-order chi connectivity index (χ1) is 12.4. The van der Waals surface area contributed by atoms with E-state index in [1.165, 1.54) is 40.3 Å². The van der Waals surface area contributed by atoms with Crippen molar-refractivity contribution in [2.75, 3.05) is 11.9 Å². The average molecular weight is 456 g/mol. The van der Waals surface area contributed by atoms with Crippen LogP contribution < -0.4 is 10.6 Å². The van der Waals surface area contributed by atoms with Crippen molar-refractivity contribution in [1.82, 2.24) is 0 Å². The molecule has 0 saturated heterocycles. The molecule has 3 rings (SSSR count). The molecule has 1 saturated carbocycles. The molecule has 0 radical (unpaired) electrons. The van der Waals surface area contributed by atoms with E-state index < -0.39 is 4.92 Å². The SMILES string of the molecule is C=CCCNc1cc(Cl)ccc1[N+](=O)[O-].Pc1ccc(Br)cc1C1CC1. The van der Waals surface area contributed by atoms with Crippen LogP contribution in [-0.2, 0) is 0 Å². The number of anilines is 1. The highest BCUT2D eigenvalue weighted by molar-refractivity contribution is 9.10. The molecule has 2 aromatic carbocycles. The van der Waals surface area contributed by atoms with Gasteiger partial charge in [0.15, 0.2) is 0 Å². The molecule has 1 fully saturated rings. The molecule has 0 aliphatic heterocycles. The molecule has 0 aromatic heterocycles. The first-order valence-electron chi connectivity index (χ1n) is 8.26. The standard InChI is InChI=1S/C10H11ClN2O2.C9H10BrP/c1-2-3-6-12-9-7-8(11)4-5-10(9)13(14)15;10-7-3-4-9(11)8(5-7)6-1-2-6/h2,4-5,7,12H,1,3,6H2;3-6H,1-2,11H2. The van der Waals surface area contributed by atoms with Crippen molar-refractivity contribution in [3.05, 3.63) is 74.2 Å². The van der Waals surface area contributed by atoms with Crippen LogP contribution in [0.4, 0.5) is 11.4 Å². The summed E-state index contributed by atoms with van der Waals surface area (Å²) in [6.07, 6.45) is 5.22. The first-order valence-corrected chi connectivity index (χ1v) is 10.0. The molecule has 0 spiro atoms. The van der Waals surface area contributed by atoms with Gasteiger partial charge in [-0.2, -0.15) is 0 Å². The van der Waals surface area contributed by atoms with Crippen molar-refractivity contribution in [2.45, 2.75) is 25.2 Å². The molecule has 0 amide bonds. The highest BCUT2D eigenvalue weighted by atomic mass is 79.9. The number of nitro groups is 1. The molecule has 1 N–H and O–H groups in total. The molecule has 2 aromatic rings. The van der Waals surface area contributed by atoms with Gasteiger partial charge in [-0.25, -0.2) is 0 Å². The van der Waals surface area contributed by atoms with Gasteiger partial charge in [0.05, 0.1) is 4.92 Å². The normalized spacial score (nSPS) is 12.7. The second-order valence-electron chi connectivity index (χ2n) is 5.97. The minimum Gasteiger partial charge on any atom is -0.379 e. The number of hydrogen-bond donors (Lipinski definition) is 1. The lowest BCUT2D eigenvalue weighted by Gasteiger charge is -2.05. The quantitative estimate of drug-likeness (QED) is 0.189. The summed E-state index contributed by atoms with van der Waals surface area (Å²) in [6.45, 7) is 4.17. The fourth-order valence-electron chi connectivity index (χ4n) is 2.41. The van der Waals surface area contributed by atoms with Crippen LogP contribution in [0.5, 0.6) is 0 Å². The van der Waals surface area contributed by atoms with Crippen molar-refractivity contribution in [2.24, 2.45) is 0 Å². The second kappa shape index (κ2) is 10.1. The predicted molar refractivity (Wildman–Crippen MR) is 117 cm³/mol. The minimum atomic E-state index is -0.438. The summed E-state index contributed by atoms with van der Waals surface area (Å²) in [4.78, 5) is 10.2. The lowest BCUT2D eigenvalue weighted by Crippen LogP contribution is -2.03. The summed E-state index contributed by atoms with van der Waals surface area (Å²) in [5.41, 5.74) is 1.97. The molecule has 1 atom stereocenters. The highest BCUT2D eigenvalue weighted by Gasteiger charge is 2.24. The van der Waals surface area contributed by atoms with E-state index in [1.54, 1.807) is 12.1 Å². The highest BCUT2D eigenvalue weighted by Crippen LogP contribution is 2.40. The van der Waals surface area contributed by atoms with Crippen LogP contribution >= 0.6 is 36.8 Å². The van der Waals surface area contributed by atoms with Gasteiger partial charge in [-0.05, 0) is 60.3 Å². The van der Waals surface area contributed by atoms with Crippen molar-refractivity contribution in [1.29, 1.82) is 0 Å². The van der Waals surface area contributed by atoms with Gasteiger partial charge in [0, 0.05) is 22.1 Å². The summed E-state index contributed by atoms with van der Waals surface area (Å²) in [6, 6.07) is 10.9. The number of halogens is 2. The van der Waals surface area contributed by atoms with Gasteiger partial charge in [-0.1, -0.05) is 39.7 Å². The number of nitro benzene ring substituents is 1. The van der Waals surface area contributed by atoms with Gasteiger partial charge in [-0.3, -0.25) is 10.1 Å². The van der Waals surface area contributed by atoms with Gasteiger partial charge in [-0.15, -0.1) is 15.8 Å². The van der Waals surface area contributed by atoms with Crippen molar-refractivity contribution in [3.63, 3.8) is 0 Å². The topological polar surface area (TPSA) is 55.2 Å². The van der Waals surface area contributed by atoms with E-state index >= 15 is 0 Å². The first kappa shape index (κ1) is 20.9. The van der Waals surface area contributed by atoms with Crippen molar-refractivity contribution < 1.29 is 4.92 Å². The number of nitrogens with one attached hydrogen (secondary N) is 1. The third-order valence-corrected chi connectivity index (χ3v) is 5.14. The monoisotopic (exact) mass is 454 g/mol. The van der Waals surface area contributed by atoms with Crippen LogP contribution in [0.3, 0.4) is 0 Å². The zero-order chi connectivity index (χ0) is 19.1. The van der Waals surface area contributed by atoms with E-state index in [0.717, 1.165) is 12.3 Å². The third kappa shape index (κ3) is 6.39. The summed E-state index contributed by atoms with van der Waals surface area (Å²) < 4.78 is 1.20. The molecule has 26 heavy (non-hydrogen) atoms. The van der Waals surface area contributed by atoms with E-state index in [-0.39, 0.29) is 5.69 Å². The maximum Gasteiger partial charge on any atom is 0.292 e. The van der Waals surface area contributed by atoms with Crippen LogP contribution in [0.2, 0.25) is 5.02 Å². The van der Waals surface area contributed by atoms with E-state index in [2.05, 4.69) is 55.3 Å². The third-order valence-electron chi connectivity index (χ3n) is 3.89. The zero-order valence-corrected chi connectivity index (χ0v) is 17.7. The van der Waals surface area contributed by atoms with Crippen molar-refractivity contribution in [3.8, 4) is 0 Å². The molecule has 0 heterocycles. The maximum atomic E-state index is 10.7. The average Bonchev–Trinajstić information content (AvgIpc) is 3.43. The van der Waals surface area contributed by atoms with Crippen LogP contribution in [0.1, 0.15) is 30.7 Å². The molecule has 1 aliphatic rings. The molecule has 7 heteroatoms. The Labute approximate surface area is 169 Å². The van der Waals surface area contributed by atoms with Gasteiger partial charge in [0.25, 0.3) is 5.69 Å². The summed E-state index contributed by atoms with van der Waals surface area (Å²) in [5.74, 6) is 0.847. The smallest absolute Gasteiger partial charge is 0.292 e. The van der Waals surface area contributed by atoms with Gasteiger partial charge in [0.1, 0.15) is 5.69 Å². The number of benzene rings is 2. The largest absolute Gasteiger partial charge is 0.379 e. The molecule has 4 nitrogen and oxygen atoms in total. The van der Waals surface area contributed by atoms with Crippen LogP contribution in [0, 0.1) is 10.1 Å². The Balaban J connectivity index is 0.000000195. The fraction of sp³-hybridized carbons (Fsp3) is 0.263. The Morgan fingerprint density at radius 3 is 2.69 bits per heavy atom. The Morgan fingerprint density at radius 1 is 1.35 bits per heavy atom. The summed E-state index contributed by atoms with van der Waals surface area (Å²) in [7, 11) is 2.80. The van der Waals surface area contributed by atoms with Gasteiger partial charge in [0.2, 0.25) is 0 Å². The van der Waals surface area contributed by atoms with Crippen molar-refractivity contribution >= 4 is 53.5 Å². The molecular formula is C19H21BrClN2O2P. The number of nitrogens with zero attached hydrogens (tertiary/aromatic N) is 1. The fourth-order valence-corrected chi connectivity index (χ4v) is 3.38. The Bertz CT molecular complexity index is 797. The van der Waals surface area contributed by atoms with E-state index in [4.69, 9.17) is 11.6 Å². The molecular weight excluding hydrogens is 435 g/mol. The molecule has 1 aliphatic carbocycles. The Morgan fingerprint density at radius 2 is 2.08 bits per heavy atom. The Kier molecular flexibility index (Phi) is 8.08.